The molecule has 0 aliphatic heterocycles. The first-order valence-corrected chi connectivity index (χ1v) is 2.46. The third-order valence-corrected chi connectivity index (χ3v) is 0.971. The summed E-state index contributed by atoms with van der Waals surface area (Å²) in [5.74, 6) is 0.323. The second-order valence-electron chi connectivity index (χ2n) is 1.74. The molecule has 0 fully saturated rings. The number of pyridine rings is 1. The number of nitrogens with two attached hydrogens (primary N) is 3. The third-order valence-electron chi connectivity index (χ3n) is 0.971. The van der Waals surface area contributed by atoms with Gasteiger partial charge in [-0.05, 0) is 6.07 Å². The molecule has 1 aromatic heterocycles. The highest BCUT2D eigenvalue weighted by Crippen LogP contribution is 2.12. The molecule has 0 radical (unpaired) electrons. The van der Waals surface area contributed by atoms with Crippen LogP contribution in [-0.2, 0) is 0 Å². The fourth-order valence-corrected chi connectivity index (χ4v) is 0.509. The van der Waals surface area contributed by atoms with Crippen molar-refractivity contribution in [1.29, 1.82) is 0 Å². The normalized spacial score (nSPS) is 8.40. The van der Waals surface area contributed by atoms with E-state index in [1.807, 2.05) is 0 Å². The molecule has 6 N–H and O–H groups in total. The highest BCUT2D eigenvalue weighted by molar-refractivity contribution is 5.85. The molecule has 0 saturated heterocycles. The fraction of sp³-hybridized carbons (Fsp3) is 0. The van der Waals surface area contributed by atoms with E-state index in [1.165, 1.54) is 6.20 Å². The monoisotopic (exact) mass is 160 g/mol. The van der Waals surface area contributed by atoms with E-state index in [0.717, 1.165) is 0 Å². The van der Waals surface area contributed by atoms with E-state index in [0.29, 0.717) is 17.2 Å². The Balaban J connectivity index is 0.000000810. The van der Waals surface area contributed by atoms with Crippen molar-refractivity contribution >= 4 is 29.6 Å². The van der Waals surface area contributed by atoms with E-state index in [2.05, 4.69) is 4.98 Å². The van der Waals surface area contributed by atoms with Crippen molar-refractivity contribution in [3.8, 4) is 0 Å². The molecule has 1 aromatic rings. The van der Waals surface area contributed by atoms with Crippen molar-refractivity contribution in [2.45, 2.75) is 0 Å². The van der Waals surface area contributed by atoms with Gasteiger partial charge in [0.2, 0.25) is 0 Å². The van der Waals surface area contributed by atoms with Crippen molar-refractivity contribution in [3.63, 3.8) is 0 Å². The van der Waals surface area contributed by atoms with Crippen LogP contribution in [0.2, 0.25) is 0 Å². The quantitative estimate of drug-likeness (QED) is 0.508. The summed E-state index contributed by atoms with van der Waals surface area (Å²) in [6, 6.07) is 1.57. The zero-order valence-electron chi connectivity index (χ0n) is 5.24. The van der Waals surface area contributed by atoms with Crippen LogP contribution >= 0.6 is 12.4 Å². The number of hydrogen-bond acceptors (Lipinski definition) is 4. The fourth-order valence-electron chi connectivity index (χ4n) is 0.509. The Hall–Kier alpha value is -1.16. The maximum absolute atomic E-state index is 5.35. The lowest BCUT2D eigenvalue weighted by molar-refractivity contribution is 1.34. The smallest absolute Gasteiger partial charge is 0.146 e. The summed E-state index contributed by atoms with van der Waals surface area (Å²) >= 11 is 0. The first kappa shape index (κ1) is 8.84. The molecule has 0 aromatic carbocycles. The van der Waals surface area contributed by atoms with E-state index < -0.39 is 0 Å². The van der Waals surface area contributed by atoms with Crippen molar-refractivity contribution in [3.05, 3.63) is 12.3 Å². The molecule has 0 aliphatic rings. The predicted molar refractivity (Wildman–Crippen MR) is 44.7 cm³/mol. The van der Waals surface area contributed by atoms with Crippen molar-refractivity contribution in [1.82, 2.24) is 4.98 Å². The molecular formula is C5H9ClN4. The van der Waals surface area contributed by atoms with Crippen LogP contribution in [0.4, 0.5) is 17.2 Å². The minimum Gasteiger partial charge on any atom is -0.397 e. The summed E-state index contributed by atoms with van der Waals surface area (Å²) < 4.78 is 0. The summed E-state index contributed by atoms with van der Waals surface area (Å²) in [7, 11) is 0. The van der Waals surface area contributed by atoms with Gasteiger partial charge in [0.1, 0.15) is 5.82 Å². The van der Waals surface area contributed by atoms with Gasteiger partial charge in [-0.15, -0.1) is 12.4 Å². The van der Waals surface area contributed by atoms with Gasteiger partial charge >= 0.3 is 0 Å². The number of halogens is 1. The second-order valence-corrected chi connectivity index (χ2v) is 1.74. The molecule has 0 amide bonds. The molecule has 0 spiro atoms. The van der Waals surface area contributed by atoms with Gasteiger partial charge in [-0.3, -0.25) is 0 Å². The van der Waals surface area contributed by atoms with Crippen molar-refractivity contribution < 1.29 is 0 Å². The Labute approximate surface area is 64.8 Å². The van der Waals surface area contributed by atoms with E-state index in [4.69, 9.17) is 17.2 Å². The van der Waals surface area contributed by atoms with Gasteiger partial charge in [-0.2, -0.15) is 0 Å². The first-order chi connectivity index (χ1) is 4.20. The van der Waals surface area contributed by atoms with Crippen LogP contribution in [0.15, 0.2) is 12.3 Å². The maximum Gasteiger partial charge on any atom is 0.146 e. The zero-order valence-corrected chi connectivity index (χ0v) is 6.06. The van der Waals surface area contributed by atoms with Gasteiger partial charge in [0.05, 0.1) is 17.6 Å². The van der Waals surface area contributed by atoms with Gasteiger partial charge < -0.3 is 17.2 Å². The molecular weight excluding hydrogens is 152 g/mol. The summed E-state index contributed by atoms with van der Waals surface area (Å²) in [6.07, 6.45) is 1.46. The largest absolute Gasteiger partial charge is 0.397 e. The van der Waals surface area contributed by atoms with Gasteiger partial charge in [-0.1, -0.05) is 0 Å². The van der Waals surface area contributed by atoms with E-state index >= 15 is 0 Å². The van der Waals surface area contributed by atoms with Crippen LogP contribution in [0, 0.1) is 0 Å². The van der Waals surface area contributed by atoms with E-state index in [9.17, 15) is 0 Å². The Kier molecular flexibility index (Phi) is 2.76. The van der Waals surface area contributed by atoms with Crippen molar-refractivity contribution in [2.24, 2.45) is 0 Å². The Morgan fingerprint density at radius 1 is 1.20 bits per heavy atom. The molecule has 0 atom stereocenters. The third kappa shape index (κ3) is 1.66. The molecule has 1 heterocycles. The molecule has 4 nitrogen and oxygen atoms in total. The Morgan fingerprint density at radius 2 is 1.80 bits per heavy atom. The molecule has 56 valence electrons. The summed E-state index contributed by atoms with van der Waals surface area (Å²) in [6.45, 7) is 0. The molecule has 10 heavy (non-hydrogen) atoms. The van der Waals surface area contributed by atoms with Crippen LogP contribution in [0.5, 0.6) is 0 Å². The SMILES string of the molecule is Cl.Nc1cnc(N)c(N)c1. The lowest BCUT2D eigenvalue weighted by atomic mass is 10.4. The van der Waals surface area contributed by atoms with Gasteiger partial charge in [-0.25, -0.2) is 4.98 Å². The lowest BCUT2D eigenvalue weighted by Crippen LogP contribution is -1.98. The van der Waals surface area contributed by atoms with Crippen molar-refractivity contribution in [2.75, 3.05) is 17.2 Å². The van der Waals surface area contributed by atoms with Gasteiger partial charge in [0.25, 0.3) is 0 Å². The summed E-state index contributed by atoms with van der Waals surface area (Å²) in [4.78, 5) is 3.71. The van der Waals surface area contributed by atoms with Crippen LogP contribution in [0.1, 0.15) is 0 Å². The average molecular weight is 161 g/mol. The van der Waals surface area contributed by atoms with Crippen LogP contribution in [0.25, 0.3) is 0 Å². The van der Waals surface area contributed by atoms with Crippen LogP contribution in [-0.4, -0.2) is 4.98 Å². The molecule has 0 bridgehead atoms. The van der Waals surface area contributed by atoms with Gasteiger partial charge in [0.15, 0.2) is 0 Å². The van der Waals surface area contributed by atoms with Crippen LogP contribution < -0.4 is 17.2 Å². The minimum atomic E-state index is 0. The summed E-state index contributed by atoms with van der Waals surface area (Å²) in [5, 5.41) is 0. The minimum absolute atomic E-state index is 0. The van der Waals surface area contributed by atoms with E-state index in [-0.39, 0.29) is 12.4 Å². The molecule has 1 rings (SSSR count). The number of rotatable bonds is 0. The van der Waals surface area contributed by atoms with E-state index in [1.54, 1.807) is 6.07 Å². The standard InChI is InChI=1S/C5H8N4.ClH/c6-3-1-4(7)5(8)9-2-3;/h1-2H,6-7H2,(H2,8,9);1H. The number of aromatic nitrogens is 1. The first-order valence-electron chi connectivity index (χ1n) is 2.46. The number of nitrogens with zero attached hydrogens (tertiary/aromatic N) is 1. The second kappa shape index (κ2) is 3.12. The lowest BCUT2D eigenvalue weighted by Gasteiger charge is -1.97. The average Bonchev–Trinajstić information content (AvgIpc) is 1.80. The molecule has 5 heteroatoms. The predicted octanol–water partition coefficient (Wildman–Crippen LogP) is 0.250. The molecule has 0 aliphatic carbocycles. The highest BCUT2D eigenvalue weighted by Gasteiger charge is 1.92. The number of nitrogen functional groups attached to an aromatic ring is 3. The Bertz CT molecular complexity index is 225. The summed E-state index contributed by atoms with van der Waals surface area (Å²) in [5.41, 5.74) is 16.9. The van der Waals surface area contributed by atoms with Crippen LogP contribution in [0.3, 0.4) is 0 Å². The number of anilines is 3. The van der Waals surface area contributed by atoms with Gasteiger partial charge in [0, 0.05) is 0 Å². The molecule has 0 unspecified atom stereocenters. The number of hydrogen-bond donors (Lipinski definition) is 3. The maximum atomic E-state index is 5.35. The highest BCUT2D eigenvalue weighted by atomic mass is 35.5. The topological polar surface area (TPSA) is 90.9 Å². The zero-order chi connectivity index (χ0) is 6.85. The Morgan fingerprint density at radius 3 is 2.20 bits per heavy atom. The molecule has 0 saturated carbocycles.